The number of aryl methyl sites for hydroxylation is 3. The number of thiazole rings is 1. The number of carbonyl (C=O) groups excluding carboxylic acids is 2. The Balaban J connectivity index is 1.61. The zero-order valence-corrected chi connectivity index (χ0v) is 16.0. The number of hydrogen-bond donors (Lipinski definition) is 1. The van der Waals surface area contributed by atoms with Gasteiger partial charge in [0.1, 0.15) is 4.88 Å². The maximum atomic E-state index is 12.9. The fourth-order valence-corrected chi connectivity index (χ4v) is 4.65. The molecule has 1 aliphatic heterocycles. The lowest BCUT2D eigenvalue weighted by Gasteiger charge is -2.28. The highest BCUT2D eigenvalue weighted by molar-refractivity contribution is 7.13. The van der Waals surface area contributed by atoms with E-state index in [0.717, 1.165) is 35.7 Å². The van der Waals surface area contributed by atoms with Crippen molar-refractivity contribution < 1.29 is 9.59 Å². The predicted molar refractivity (Wildman–Crippen MR) is 97.9 cm³/mol. The largest absolute Gasteiger partial charge is 0.346 e. The predicted octanol–water partition coefficient (Wildman–Crippen LogP) is 1.98. The van der Waals surface area contributed by atoms with E-state index >= 15 is 0 Å². The van der Waals surface area contributed by atoms with E-state index in [0.29, 0.717) is 17.3 Å². The quantitative estimate of drug-likeness (QED) is 0.869. The van der Waals surface area contributed by atoms with Crippen molar-refractivity contribution in [3.8, 4) is 0 Å². The van der Waals surface area contributed by atoms with E-state index in [1.807, 2.05) is 31.9 Å². The molecule has 2 amide bonds. The van der Waals surface area contributed by atoms with Crippen molar-refractivity contribution >= 4 is 23.2 Å². The molecule has 0 unspecified atom stereocenters. The van der Waals surface area contributed by atoms with Crippen LogP contribution in [0.25, 0.3) is 0 Å². The molecule has 3 heterocycles. The maximum absolute atomic E-state index is 12.9. The molecule has 1 saturated heterocycles. The van der Waals surface area contributed by atoms with Gasteiger partial charge in [0.15, 0.2) is 0 Å². The Morgan fingerprint density at radius 1 is 1.42 bits per heavy atom. The van der Waals surface area contributed by atoms with Gasteiger partial charge in [0.2, 0.25) is 5.91 Å². The van der Waals surface area contributed by atoms with Crippen LogP contribution in [0.15, 0.2) is 12.3 Å². The molecule has 1 saturated carbocycles. The van der Waals surface area contributed by atoms with Crippen LogP contribution in [0.1, 0.15) is 58.3 Å². The average molecular weight is 373 g/mol. The molecule has 1 aliphatic carbocycles. The summed E-state index contributed by atoms with van der Waals surface area (Å²) in [6, 6.07) is 1.81. The molecule has 2 aromatic rings. The van der Waals surface area contributed by atoms with E-state index < -0.39 is 0 Å². The molecule has 1 N–H and O–H groups in total. The van der Waals surface area contributed by atoms with Crippen molar-refractivity contribution in [2.75, 3.05) is 0 Å². The van der Waals surface area contributed by atoms with E-state index in [2.05, 4.69) is 15.4 Å². The van der Waals surface area contributed by atoms with Gasteiger partial charge in [-0.05, 0) is 32.3 Å². The van der Waals surface area contributed by atoms with Crippen molar-refractivity contribution in [3.05, 3.63) is 33.5 Å². The molecule has 0 spiro atoms. The fraction of sp³-hybridized carbons (Fsp3) is 0.556. The van der Waals surface area contributed by atoms with Crippen LogP contribution in [0.4, 0.5) is 0 Å². The second-order valence-corrected chi connectivity index (χ2v) is 8.10. The van der Waals surface area contributed by atoms with Crippen LogP contribution in [0.3, 0.4) is 0 Å². The van der Waals surface area contributed by atoms with E-state index in [-0.39, 0.29) is 23.9 Å². The Morgan fingerprint density at radius 3 is 2.77 bits per heavy atom. The van der Waals surface area contributed by atoms with Gasteiger partial charge in [0.05, 0.1) is 28.5 Å². The average Bonchev–Trinajstić information content (AvgIpc) is 3.11. The van der Waals surface area contributed by atoms with Crippen molar-refractivity contribution in [1.29, 1.82) is 0 Å². The SMILES string of the molecule is CCc1nc(C)c(C(=O)N[C@@H]2CC(=O)N(C3CC3)[C@H]2c2ccnn2C)s1. The van der Waals surface area contributed by atoms with Crippen LogP contribution in [0.5, 0.6) is 0 Å². The van der Waals surface area contributed by atoms with Crippen molar-refractivity contribution in [2.45, 2.75) is 57.7 Å². The number of nitrogens with one attached hydrogen (secondary N) is 1. The first-order valence-electron chi connectivity index (χ1n) is 9.05. The van der Waals surface area contributed by atoms with Gasteiger partial charge in [-0.2, -0.15) is 5.10 Å². The van der Waals surface area contributed by atoms with Gasteiger partial charge >= 0.3 is 0 Å². The summed E-state index contributed by atoms with van der Waals surface area (Å²) >= 11 is 1.43. The Kier molecular flexibility index (Phi) is 4.30. The van der Waals surface area contributed by atoms with Crippen LogP contribution >= 0.6 is 11.3 Å². The number of amides is 2. The standard InChI is InChI=1S/C18H23N5O2S/c1-4-14-20-10(2)17(26-14)18(25)21-12-9-15(24)23(11-5-6-11)16(12)13-7-8-19-22(13)3/h7-8,11-12,16H,4-6,9H2,1-3H3,(H,21,25)/t12-,16-/m1/s1. The number of nitrogens with zero attached hydrogens (tertiary/aromatic N) is 4. The van der Waals surface area contributed by atoms with Gasteiger partial charge in [-0.25, -0.2) is 4.98 Å². The lowest BCUT2D eigenvalue weighted by atomic mass is 10.1. The molecule has 8 heteroatoms. The zero-order valence-electron chi connectivity index (χ0n) is 15.2. The van der Waals surface area contributed by atoms with Gasteiger partial charge in [-0.15, -0.1) is 11.3 Å². The third-order valence-electron chi connectivity index (χ3n) is 5.13. The highest BCUT2D eigenvalue weighted by atomic mass is 32.1. The molecule has 0 bridgehead atoms. The Bertz CT molecular complexity index is 854. The molecular weight excluding hydrogens is 350 g/mol. The molecule has 2 aromatic heterocycles. The van der Waals surface area contributed by atoms with Crippen LogP contribution in [-0.4, -0.2) is 43.6 Å². The van der Waals surface area contributed by atoms with E-state index in [1.165, 1.54) is 11.3 Å². The Morgan fingerprint density at radius 2 is 2.19 bits per heavy atom. The number of hydrogen-bond acceptors (Lipinski definition) is 5. The third-order valence-corrected chi connectivity index (χ3v) is 6.43. The van der Waals surface area contributed by atoms with E-state index in [4.69, 9.17) is 0 Å². The molecular formula is C18H23N5O2S. The highest BCUT2D eigenvalue weighted by Crippen LogP contribution is 2.41. The van der Waals surface area contributed by atoms with Gasteiger partial charge in [-0.1, -0.05) is 6.92 Å². The van der Waals surface area contributed by atoms with E-state index in [9.17, 15) is 9.59 Å². The topological polar surface area (TPSA) is 80.1 Å². The number of aromatic nitrogens is 3. The molecule has 26 heavy (non-hydrogen) atoms. The van der Waals surface area contributed by atoms with Crippen LogP contribution in [0.2, 0.25) is 0 Å². The normalized spacial score (nSPS) is 22.9. The maximum Gasteiger partial charge on any atom is 0.263 e. The minimum atomic E-state index is -0.252. The summed E-state index contributed by atoms with van der Waals surface area (Å²) in [7, 11) is 1.88. The van der Waals surface area contributed by atoms with Crippen LogP contribution < -0.4 is 5.32 Å². The van der Waals surface area contributed by atoms with Crippen LogP contribution in [-0.2, 0) is 18.3 Å². The summed E-state index contributed by atoms with van der Waals surface area (Å²) in [5.74, 6) is -0.0263. The molecule has 2 aliphatic rings. The first-order chi connectivity index (χ1) is 12.5. The highest BCUT2D eigenvalue weighted by Gasteiger charge is 2.48. The Labute approximate surface area is 156 Å². The zero-order chi connectivity index (χ0) is 18.4. The Hall–Kier alpha value is -2.22. The molecule has 0 aromatic carbocycles. The van der Waals surface area contributed by atoms with Crippen molar-refractivity contribution in [3.63, 3.8) is 0 Å². The third kappa shape index (κ3) is 2.92. The second kappa shape index (κ2) is 6.50. The first kappa shape index (κ1) is 17.2. The summed E-state index contributed by atoms with van der Waals surface area (Å²) < 4.78 is 1.80. The number of rotatable bonds is 5. The molecule has 138 valence electrons. The lowest BCUT2D eigenvalue weighted by molar-refractivity contribution is -0.129. The van der Waals surface area contributed by atoms with Crippen LogP contribution in [0, 0.1) is 6.92 Å². The molecule has 4 rings (SSSR count). The lowest BCUT2D eigenvalue weighted by Crippen LogP contribution is -2.41. The van der Waals surface area contributed by atoms with Gasteiger partial charge in [0.25, 0.3) is 5.91 Å². The van der Waals surface area contributed by atoms with Crippen molar-refractivity contribution in [1.82, 2.24) is 25.0 Å². The summed E-state index contributed by atoms with van der Waals surface area (Å²) in [5, 5.41) is 8.33. The molecule has 2 fully saturated rings. The minimum absolute atomic E-state index is 0.110. The van der Waals surface area contributed by atoms with Crippen molar-refractivity contribution in [2.24, 2.45) is 7.05 Å². The summed E-state index contributed by atoms with van der Waals surface area (Å²) in [5.41, 5.74) is 1.72. The summed E-state index contributed by atoms with van der Waals surface area (Å²) in [6.07, 6.45) is 4.95. The summed E-state index contributed by atoms with van der Waals surface area (Å²) in [6.45, 7) is 3.89. The fourth-order valence-electron chi connectivity index (χ4n) is 3.74. The second-order valence-electron chi connectivity index (χ2n) is 7.02. The van der Waals surface area contributed by atoms with Gasteiger partial charge in [0, 0.05) is 25.7 Å². The van der Waals surface area contributed by atoms with E-state index in [1.54, 1.807) is 10.9 Å². The summed E-state index contributed by atoms with van der Waals surface area (Å²) in [4.78, 5) is 32.6. The molecule has 2 atom stereocenters. The van der Waals surface area contributed by atoms with Gasteiger partial charge in [-0.3, -0.25) is 14.3 Å². The number of likely N-dealkylation sites (tertiary alicyclic amines) is 1. The minimum Gasteiger partial charge on any atom is -0.346 e. The monoisotopic (exact) mass is 373 g/mol. The van der Waals surface area contributed by atoms with Gasteiger partial charge < -0.3 is 10.2 Å². The first-order valence-corrected chi connectivity index (χ1v) is 9.87. The number of carbonyl (C=O) groups is 2. The molecule has 7 nitrogen and oxygen atoms in total. The smallest absolute Gasteiger partial charge is 0.263 e. The molecule has 0 radical (unpaired) electrons.